The number of rotatable bonds is 3. The van der Waals surface area contributed by atoms with Gasteiger partial charge < -0.3 is 9.47 Å². The Hall–Kier alpha value is -2.30. The van der Waals surface area contributed by atoms with E-state index in [1.54, 1.807) is 43.5 Å². The van der Waals surface area contributed by atoms with Crippen LogP contribution in [0.2, 0.25) is 10.0 Å². The first kappa shape index (κ1) is 15.6. The lowest BCUT2D eigenvalue weighted by atomic mass is 10.2. The molecule has 116 valence electrons. The predicted molar refractivity (Wildman–Crippen MR) is 90.1 cm³/mol. The van der Waals surface area contributed by atoms with Gasteiger partial charge in [0.15, 0.2) is 5.70 Å². The van der Waals surface area contributed by atoms with Crippen LogP contribution in [0, 0.1) is 0 Å². The standard InChI is InChI=1S/C17H11Cl2NO3/c1-22-15-5-3-2-4-11(15)16-20-14(17(21)23-16)9-10-6-7-12(18)13(19)8-10/h2-9H,1H3. The molecule has 23 heavy (non-hydrogen) atoms. The minimum Gasteiger partial charge on any atom is -0.496 e. The van der Waals surface area contributed by atoms with E-state index in [2.05, 4.69) is 4.99 Å². The Balaban J connectivity index is 1.98. The first-order valence-corrected chi connectivity index (χ1v) is 7.45. The van der Waals surface area contributed by atoms with E-state index in [1.807, 2.05) is 12.1 Å². The highest BCUT2D eigenvalue weighted by Gasteiger charge is 2.26. The Morgan fingerprint density at radius 2 is 1.91 bits per heavy atom. The largest absolute Gasteiger partial charge is 0.496 e. The molecule has 6 heteroatoms. The highest BCUT2D eigenvalue weighted by molar-refractivity contribution is 6.42. The molecule has 0 aromatic heterocycles. The summed E-state index contributed by atoms with van der Waals surface area (Å²) in [5.74, 6) is 0.255. The summed E-state index contributed by atoms with van der Waals surface area (Å²) in [6.07, 6.45) is 1.59. The summed E-state index contributed by atoms with van der Waals surface area (Å²) in [5, 5.41) is 0.849. The summed E-state index contributed by atoms with van der Waals surface area (Å²) in [5.41, 5.74) is 1.50. The number of benzene rings is 2. The number of halogens is 2. The molecule has 1 heterocycles. The number of carbonyl (C=O) groups excluding carboxylic acids is 1. The molecule has 0 saturated heterocycles. The van der Waals surface area contributed by atoms with E-state index >= 15 is 0 Å². The van der Waals surface area contributed by atoms with Gasteiger partial charge in [-0.15, -0.1) is 0 Å². The van der Waals surface area contributed by atoms with Crippen molar-refractivity contribution in [3.8, 4) is 5.75 Å². The molecule has 1 aliphatic rings. The van der Waals surface area contributed by atoms with Crippen molar-refractivity contribution in [1.82, 2.24) is 0 Å². The Kier molecular flexibility index (Phi) is 4.37. The monoisotopic (exact) mass is 347 g/mol. The van der Waals surface area contributed by atoms with Crippen molar-refractivity contribution < 1.29 is 14.3 Å². The van der Waals surface area contributed by atoms with E-state index in [1.165, 1.54) is 0 Å². The van der Waals surface area contributed by atoms with Crippen LogP contribution in [0.15, 0.2) is 53.2 Å². The number of carbonyl (C=O) groups is 1. The second kappa shape index (κ2) is 6.44. The lowest BCUT2D eigenvalue weighted by Gasteiger charge is -2.05. The number of methoxy groups -OCH3 is 1. The minimum atomic E-state index is -0.531. The van der Waals surface area contributed by atoms with Crippen LogP contribution < -0.4 is 4.74 Å². The smallest absolute Gasteiger partial charge is 0.363 e. The van der Waals surface area contributed by atoms with Gasteiger partial charge in [0, 0.05) is 0 Å². The summed E-state index contributed by atoms with van der Waals surface area (Å²) in [6.45, 7) is 0. The van der Waals surface area contributed by atoms with Crippen molar-refractivity contribution in [1.29, 1.82) is 0 Å². The second-order valence-corrected chi connectivity index (χ2v) is 5.52. The fourth-order valence-corrected chi connectivity index (χ4v) is 2.41. The van der Waals surface area contributed by atoms with E-state index in [9.17, 15) is 4.79 Å². The van der Waals surface area contributed by atoms with Gasteiger partial charge in [-0.3, -0.25) is 0 Å². The Morgan fingerprint density at radius 3 is 2.65 bits per heavy atom. The van der Waals surface area contributed by atoms with Gasteiger partial charge in [-0.1, -0.05) is 41.4 Å². The zero-order valence-corrected chi connectivity index (χ0v) is 13.6. The molecule has 0 atom stereocenters. The highest BCUT2D eigenvalue weighted by Crippen LogP contribution is 2.27. The number of aliphatic imine (C=N–C) groups is 1. The number of hydrogen-bond acceptors (Lipinski definition) is 4. The van der Waals surface area contributed by atoms with Gasteiger partial charge in [-0.2, -0.15) is 0 Å². The van der Waals surface area contributed by atoms with Crippen molar-refractivity contribution in [3.05, 3.63) is 69.3 Å². The average molecular weight is 348 g/mol. The van der Waals surface area contributed by atoms with Gasteiger partial charge in [0.25, 0.3) is 0 Å². The van der Waals surface area contributed by atoms with E-state index in [-0.39, 0.29) is 11.6 Å². The van der Waals surface area contributed by atoms with E-state index in [4.69, 9.17) is 32.7 Å². The summed E-state index contributed by atoms with van der Waals surface area (Å²) in [6, 6.07) is 12.2. The summed E-state index contributed by atoms with van der Waals surface area (Å²) in [4.78, 5) is 16.3. The van der Waals surface area contributed by atoms with Gasteiger partial charge in [0.2, 0.25) is 5.90 Å². The minimum absolute atomic E-state index is 0.185. The van der Waals surface area contributed by atoms with Crippen LogP contribution in [-0.4, -0.2) is 19.0 Å². The molecule has 0 amide bonds. The molecule has 0 N–H and O–H groups in total. The zero-order chi connectivity index (χ0) is 16.4. The third-order valence-corrected chi connectivity index (χ3v) is 3.94. The Morgan fingerprint density at radius 1 is 1.13 bits per heavy atom. The Bertz CT molecular complexity index is 843. The molecule has 2 aromatic carbocycles. The molecule has 0 saturated carbocycles. The van der Waals surface area contributed by atoms with Crippen molar-refractivity contribution in [3.63, 3.8) is 0 Å². The molecule has 0 fully saturated rings. The fraction of sp³-hybridized carbons (Fsp3) is 0.0588. The van der Waals surface area contributed by atoms with Crippen molar-refractivity contribution >= 4 is 41.1 Å². The molecule has 0 radical (unpaired) electrons. The highest BCUT2D eigenvalue weighted by atomic mass is 35.5. The molecule has 1 aliphatic heterocycles. The van der Waals surface area contributed by atoms with E-state index in [0.29, 0.717) is 26.9 Å². The van der Waals surface area contributed by atoms with Crippen LogP contribution in [0.4, 0.5) is 0 Å². The number of para-hydroxylation sites is 1. The molecule has 3 rings (SSSR count). The van der Waals surface area contributed by atoms with Crippen LogP contribution in [0.1, 0.15) is 11.1 Å². The normalized spacial score (nSPS) is 15.5. The van der Waals surface area contributed by atoms with Crippen molar-refractivity contribution in [2.75, 3.05) is 7.11 Å². The molecular weight excluding hydrogens is 337 g/mol. The van der Waals surface area contributed by atoms with Gasteiger partial charge in [0.1, 0.15) is 5.75 Å². The summed E-state index contributed by atoms with van der Waals surface area (Å²) >= 11 is 11.8. The fourth-order valence-electron chi connectivity index (χ4n) is 2.11. The predicted octanol–water partition coefficient (Wildman–Crippen LogP) is 4.35. The maximum Gasteiger partial charge on any atom is 0.363 e. The third-order valence-electron chi connectivity index (χ3n) is 3.20. The van der Waals surface area contributed by atoms with Crippen LogP contribution >= 0.6 is 23.2 Å². The van der Waals surface area contributed by atoms with Crippen LogP contribution in [0.25, 0.3) is 6.08 Å². The first-order valence-electron chi connectivity index (χ1n) is 6.69. The SMILES string of the molecule is COc1ccccc1C1=NC(=Cc2ccc(Cl)c(Cl)c2)C(=O)O1. The van der Waals surface area contributed by atoms with Crippen LogP contribution in [0.3, 0.4) is 0 Å². The first-order chi connectivity index (χ1) is 11.1. The average Bonchev–Trinajstić information content (AvgIpc) is 2.91. The van der Waals surface area contributed by atoms with Crippen molar-refractivity contribution in [2.45, 2.75) is 0 Å². The lowest BCUT2D eigenvalue weighted by molar-refractivity contribution is -0.129. The summed E-state index contributed by atoms with van der Waals surface area (Å²) < 4.78 is 10.5. The maximum absolute atomic E-state index is 12.0. The molecule has 0 spiro atoms. The van der Waals surface area contributed by atoms with E-state index in [0.717, 1.165) is 0 Å². The maximum atomic E-state index is 12.0. The topological polar surface area (TPSA) is 47.9 Å². The second-order valence-electron chi connectivity index (χ2n) is 4.71. The van der Waals surface area contributed by atoms with Gasteiger partial charge >= 0.3 is 5.97 Å². The van der Waals surface area contributed by atoms with Crippen molar-refractivity contribution in [2.24, 2.45) is 4.99 Å². The lowest BCUT2D eigenvalue weighted by Crippen LogP contribution is -2.06. The van der Waals surface area contributed by atoms with Gasteiger partial charge in [-0.25, -0.2) is 9.79 Å². The van der Waals surface area contributed by atoms with Gasteiger partial charge in [-0.05, 0) is 35.9 Å². The number of hydrogen-bond donors (Lipinski definition) is 0. The summed E-state index contributed by atoms with van der Waals surface area (Å²) in [7, 11) is 1.54. The molecule has 0 bridgehead atoms. The Labute approximate surface area is 143 Å². The van der Waals surface area contributed by atoms with Crippen LogP contribution in [-0.2, 0) is 9.53 Å². The molecule has 0 unspecified atom stereocenters. The zero-order valence-electron chi connectivity index (χ0n) is 12.0. The van der Waals surface area contributed by atoms with Crippen LogP contribution in [0.5, 0.6) is 5.75 Å². The third kappa shape index (κ3) is 3.23. The molecular formula is C17H11Cl2NO3. The quantitative estimate of drug-likeness (QED) is 0.612. The molecule has 2 aromatic rings. The molecule has 0 aliphatic carbocycles. The number of ether oxygens (including phenoxy) is 2. The molecule has 4 nitrogen and oxygen atoms in total. The van der Waals surface area contributed by atoms with E-state index < -0.39 is 5.97 Å². The van der Waals surface area contributed by atoms with Gasteiger partial charge in [0.05, 0.1) is 22.7 Å². The number of nitrogens with zero attached hydrogens (tertiary/aromatic N) is 1. The number of esters is 1. The number of cyclic esters (lactones) is 1.